The summed E-state index contributed by atoms with van der Waals surface area (Å²) in [5.41, 5.74) is 10.6. The number of halogens is 1. The van der Waals surface area contributed by atoms with Crippen molar-refractivity contribution in [3.8, 4) is 11.3 Å². The maximum atomic E-state index is 6.36. The monoisotopic (exact) mass is 336 g/mol. The van der Waals surface area contributed by atoms with Gasteiger partial charge in [0.2, 0.25) is 0 Å². The van der Waals surface area contributed by atoms with Gasteiger partial charge in [0.1, 0.15) is 5.82 Å². The zero-order valence-corrected chi connectivity index (χ0v) is 13.7. The third kappa shape index (κ3) is 2.82. The molecule has 4 N–H and O–H groups in total. The van der Waals surface area contributed by atoms with Gasteiger partial charge in [-0.2, -0.15) is 0 Å². The van der Waals surface area contributed by atoms with Gasteiger partial charge >= 0.3 is 0 Å². The van der Waals surface area contributed by atoms with Crippen LogP contribution in [0.25, 0.3) is 22.2 Å². The Morgan fingerprint density at radius 2 is 1.96 bits per heavy atom. The van der Waals surface area contributed by atoms with Gasteiger partial charge in [0, 0.05) is 22.1 Å². The van der Waals surface area contributed by atoms with Crippen molar-refractivity contribution in [2.75, 3.05) is 0 Å². The molecule has 5 heteroatoms. The van der Waals surface area contributed by atoms with Crippen molar-refractivity contribution in [3.05, 3.63) is 77.3 Å². The Labute approximate surface area is 144 Å². The molecule has 0 aliphatic heterocycles. The number of nitrogens with zero attached hydrogens (tertiary/aromatic N) is 1. The van der Waals surface area contributed by atoms with Crippen LogP contribution in [0, 0.1) is 0 Å². The molecule has 0 bridgehead atoms. The first-order valence-electron chi connectivity index (χ1n) is 7.82. The lowest BCUT2D eigenvalue weighted by atomic mass is 10.1. The summed E-state index contributed by atoms with van der Waals surface area (Å²) in [6.45, 7) is 0. The average Bonchev–Trinajstić information content (AvgIpc) is 3.23. The molecule has 0 aliphatic carbocycles. The van der Waals surface area contributed by atoms with E-state index in [9.17, 15) is 0 Å². The molecule has 0 saturated heterocycles. The number of nitrogens with two attached hydrogens (primary N) is 1. The van der Waals surface area contributed by atoms with Gasteiger partial charge in [0.15, 0.2) is 0 Å². The van der Waals surface area contributed by atoms with Crippen molar-refractivity contribution in [2.45, 2.75) is 12.5 Å². The molecule has 0 radical (unpaired) electrons. The molecular formula is C19H17ClN4. The topological polar surface area (TPSA) is 70.5 Å². The number of hydrogen-bond acceptors (Lipinski definition) is 2. The Hall–Kier alpha value is -2.56. The number of aromatic amines is 2. The average molecular weight is 337 g/mol. The van der Waals surface area contributed by atoms with E-state index in [-0.39, 0.29) is 6.04 Å². The van der Waals surface area contributed by atoms with Crippen LogP contribution in [0.2, 0.25) is 5.02 Å². The zero-order chi connectivity index (χ0) is 16.5. The van der Waals surface area contributed by atoms with Crippen molar-refractivity contribution in [2.24, 2.45) is 5.73 Å². The SMILES string of the molecule is N[C@@H](Cc1c[nH]c2cc(Cl)ccc12)c1ncc(-c2ccccc2)[nH]1. The van der Waals surface area contributed by atoms with Crippen molar-refractivity contribution >= 4 is 22.5 Å². The lowest BCUT2D eigenvalue weighted by Gasteiger charge is -2.08. The molecule has 4 rings (SSSR count). The molecule has 0 aliphatic rings. The first-order valence-corrected chi connectivity index (χ1v) is 8.20. The number of hydrogen-bond donors (Lipinski definition) is 3. The minimum absolute atomic E-state index is 0.197. The van der Waals surface area contributed by atoms with Gasteiger partial charge in [0.25, 0.3) is 0 Å². The highest BCUT2D eigenvalue weighted by Gasteiger charge is 2.14. The number of H-pyrrole nitrogens is 2. The van der Waals surface area contributed by atoms with Crippen LogP contribution in [0.3, 0.4) is 0 Å². The Morgan fingerprint density at radius 1 is 1.12 bits per heavy atom. The highest BCUT2D eigenvalue weighted by molar-refractivity contribution is 6.31. The third-order valence-corrected chi connectivity index (χ3v) is 4.44. The summed E-state index contributed by atoms with van der Waals surface area (Å²) >= 11 is 6.03. The largest absolute Gasteiger partial charge is 0.361 e. The molecule has 0 spiro atoms. The first kappa shape index (κ1) is 15.0. The summed E-state index contributed by atoms with van der Waals surface area (Å²) < 4.78 is 0. The van der Waals surface area contributed by atoms with Gasteiger partial charge in [-0.1, -0.05) is 48.0 Å². The highest BCUT2D eigenvalue weighted by Crippen LogP contribution is 2.26. The molecule has 4 aromatic rings. The fourth-order valence-corrected chi connectivity index (χ4v) is 3.12. The van der Waals surface area contributed by atoms with E-state index >= 15 is 0 Å². The van der Waals surface area contributed by atoms with E-state index in [1.165, 1.54) is 0 Å². The van der Waals surface area contributed by atoms with Crippen molar-refractivity contribution < 1.29 is 0 Å². The van der Waals surface area contributed by atoms with E-state index in [4.69, 9.17) is 17.3 Å². The summed E-state index contributed by atoms with van der Waals surface area (Å²) in [4.78, 5) is 11.0. The van der Waals surface area contributed by atoms with Crippen LogP contribution in [0.5, 0.6) is 0 Å². The fraction of sp³-hybridized carbons (Fsp3) is 0.105. The molecule has 0 unspecified atom stereocenters. The molecule has 24 heavy (non-hydrogen) atoms. The van der Waals surface area contributed by atoms with Crippen LogP contribution in [0.4, 0.5) is 0 Å². The summed E-state index contributed by atoms with van der Waals surface area (Å²) in [5.74, 6) is 0.789. The molecule has 0 fully saturated rings. The minimum Gasteiger partial charge on any atom is -0.361 e. The smallest absolute Gasteiger partial charge is 0.123 e. The van der Waals surface area contributed by atoms with Crippen molar-refractivity contribution in [3.63, 3.8) is 0 Å². The van der Waals surface area contributed by atoms with Crippen LogP contribution >= 0.6 is 11.6 Å². The number of fused-ring (bicyclic) bond motifs is 1. The highest BCUT2D eigenvalue weighted by atomic mass is 35.5. The van der Waals surface area contributed by atoms with Crippen LogP contribution in [0.1, 0.15) is 17.4 Å². The summed E-state index contributed by atoms with van der Waals surface area (Å²) in [6.07, 6.45) is 4.52. The predicted molar refractivity (Wildman–Crippen MR) is 98.0 cm³/mol. The number of aromatic nitrogens is 3. The molecule has 2 aromatic carbocycles. The fourth-order valence-electron chi connectivity index (χ4n) is 2.95. The lowest BCUT2D eigenvalue weighted by molar-refractivity contribution is 0.680. The Bertz CT molecular complexity index is 971. The molecule has 4 nitrogen and oxygen atoms in total. The van der Waals surface area contributed by atoms with Gasteiger partial charge in [-0.05, 0) is 29.7 Å². The summed E-state index contributed by atoms with van der Waals surface area (Å²) in [7, 11) is 0. The van der Waals surface area contributed by atoms with Gasteiger partial charge in [-0.3, -0.25) is 0 Å². The van der Waals surface area contributed by atoms with Gasteiger partial charge in [0.05, 0.1) is 17.9 Å². The van der Waals surface area contributed by atoms with E-state index in [0.717, 1.165) is 38.6 Å². The Balaban J connectivity index is 1.58. The van der Waals surface area contributed by atoms with Crippen molar-refractivity contribution in [1.82, 2.24) is 15.0 Å². The van der Waals surface area contributed by atoms with Crippen LogP contribution in [-0.4, -0.2) is 15.0 Å². The zero-order valence-electron chi connectivity index (χ0n) is 13.0. The molecule has 0 amide bonds. The maximum Gasteiger partial charge on any atom is 0.123 e. The molecule has 1 atom stereocenters. The lowest BCUT2D eigenvalue weighted by Crippen LogP contribution is -2.14. The number of benzene rings is 2. The van der Waals surface area contributed by atoms with Crippen molar-refractivity contribution in [1.29, 1.82) is 0 Å². The van der Waals surface area contributed by atoms with Gasteiger partial charge in [-0.25, -0.2) is 4.98 Å². The third-order valence-electron chi connectivity index (χ3n) is 4.20. The number of imidazole rings is 1. The minimum atomic E-state index is -0.197. The first-order chi connectivity index (χ1) is 11.7. The predicted octanol–water partition coefficient (Wildman–Crippen LogP) is 4.45. The van der Waals surface area contributed by atoms with E-state index in [0.29, 0.717) is 6.42 Å². The summed E-state index contributed by atoms with van der Waals surface area (Å²) in [5, 5.41) is 1.86. The Morgan fingerprint density at radius 3 is 2.79 bits per heavy atom. The second kappa shape index (κ2) is 6.15. The number of nitrogens with one attached hydrogen (secondary N) is 2. The van der Waals surface area contributed by atoms with Gasteiger partial charge in [-0.15, -0.1) is 0 Å². The van der Waals surface area contributed by atoms with Crippen LogP contribution in [-0.2, 0) is 6.42 Å². The molecule has 120 valence electrons. The van der Waals surface area contributed by atoms with Gasteiger partial charge < -0.3 is 15.7 Å². The standard InChI is InChI=1S/C19H17ClN4/c20-14-6-7-15-13(10-22-17(15)9-14)8-16(21)19-23-11-18(24-19)12-4-2-1-3-5-12/h1-7,9-11,16,22H,8,21H2,(H,23,24)/t16-/m0/s1. The van der Waals surface area contributed by atoms with E-state index in [1.54, 1.807) is 0 Å². The molecule has 2 aromatic heterocycles. The molecule has 2 heterocycles. The maximum absolute atomic E-state index is 6.36. The second-order valence-electron chi connectivity index (χ2n) is 5.86. The van der Waals surface area contributed by atoms with Crippen LogP contribution in [0.15, 0.2) is 60.9 Å². The normalized spacial score (nSPS) is 12.6. The van der Waals surface area contributed by atoms with E-state index in [2.05, 4.69) is 15.0 Å². The quantitative estimate of drug-likeness (QED) is 0.515. The second-order valence-corrected chi connectivity index (χ2v) is 6.30. The van der Waals surface area contributed by atoms with Crippen LogP contribution < -0.4 is 5.73 Å². The van der Waals surface area contributed by atoms with E-state index < -0.39 is 0 Å². The molecular weight excluding hydrogens is 320 g/mol. The Kier molecular flexibility index (Phi) is 3.84. The summed E-state index contributed by atoms with van der Waals surface area (Å²) in [6, 6.07) is 15.7. The van der Waals surface area contributed by atoms with E-state index in [1.807, 2.05) is 60.9 Å². The molecule has 0 saturated carbocycles. The number of rotatable bonds is 4.